The van der Waals surface area contributed by atoms with Crippen molar-refractivity contribution >= 4 is 23.3 Å². The molecule has 0 bridgehead atoms. The SMILES string of the molecule is Nc1cccc(NC(=O)CCC(=O)O)c1. The molecule has 0 saturated carbocycles. The fraction of sp³-hybridized carbons (Fsp3) is 0.200. The van der Waals surface area contributed by atoms with Crippen LogP contribution < -0.4 is 11.1 Å². The van der Waals surface area contributed by atoms with Gasteiger partial charge in [0.25, 0.3) is 0 Å². The smallest absolute Gasteiger partial charge is 0.303 e. The highest BCUT2D eigenvalue weighted by Gasteiger charge is 2.05. The number of hydrogen-bond acceptors (Lipinski definition) is 3. The lowest BCUT2D eigenvalue weighted by Crippen LogP contribution is -2.13. The number of nitrogens with one attached hydrogen (secondary N) is 1. The molecular weight excluding hydrogens is 196 g/mol. The molecule has 80 valence electrons. The van der Waals surface area contributed by atoms with Crippen molar-refractivity contribution in [3.8, 4) is 0 Å². The van der Waals surface area contributed by atoms with E-state index < -0.39 is 5.97 Å². The van der Waals surface area contributed by atoms with Crippen molar-refractivity contribution in [2.75, 3.05) is 11.1 Å². The van der Waals surface area contributed by atoms with Gasteiger partial charge in [-0.1, -0.05) is 6.07 Å². The zero-order valence-corrected chi connectivity index (χ0v) is 8.06. The van der Waals surface area contributed by atoms with Crippen LogP contribution in [-0.4, -0.2) is 17.0 Å². The van der Waals surface area contributed by atoms with Crippen molar-refractivity contribution < 1.29 is 14.7 Å². The zero-order valence-electron chi connectivity index (χ0n) is 8.06. The zero-order chi connectivity index (χ0) is 11.3. The van der Waals surface area contributed by atoms with Crippen LogP contribution in [0, 0.1) is 0 Å². The average Bonchev–Trinajstić information content (AvgIpc) is 2.15. The lowest BCUT2D eigenvalue weighted by atomic mass is 10.2. The number of carbonyl (C=O) groups is 2. The number of anilines is 2. The predicted molar refractivity (Wildman–Crippen MR) is 56.4 cm³/mol. The van der Waals surface area contributed by atoms with E-state index in [4.69, 9.17) is 10.8 Å². The summed E-state index contributed by atoms with van der Waals surface area (Å²) < 4.78 is 0. The van der Waals surface area contributed by atoms with E-state index in [-0.39, 0.29) is 18.7 Å². The Balaban J connectivity index is 2.48. The molecule has 0 unspecified atom stereocenters. The maximum atomic E-state index is 11.2. The first-order valence-electron chi connectivity index (χ1n) is 4.45. The summed E-state index contributed by atoms with van der Waals surface area (Å²) in [5, 5.41) is 10.9. The topological polar surface area (TPSA) is 92.4 Å². The molecule has 4 N–H and O–H groups in total. The molecule has 0 spiro atoms. The van der Waals surface area contributed by atoms with Gasteiger partial charge in [-0.25, -0.2) is 0 Å². The molecule has 15 heavy (non-hydrogen) atoms. The summed E-state index contributed by atoms with van der Waals surface area (Å²) in [6, 6.07) is 6.71. The minimum absolute atomic E-state index is 0.0376. The Morgan fingerprint density at radius 2 is 2.07 bits per heavy atom. The van der Waals surface area contributed by atoms with Gasteiger partial charge < -0.3 is 16.2 Å². The Morgan fingerprint density at radius 3 is 2.67 bits per heavy atom. The number of aliphatic carboxylic acids is 1. The molecular formula is C10H12N2O3. The van der Waals surface area contributed by atoms with Gasteiger partial charge in [-0.3, -0.25) is 9.59 Å². The van der Waals surface area contributed by atoms with Crippen molar-refractivity contribution in [3.63, 3.8) is 0 Å². The van der Waals surface area contributed by atoms with Crippen LogP contribution >= 0.6 is 0 Å². The molecule has 0 aromatic heterocycles. The fourth-order valence-corrected chi connectivity index (χ4v) is 1.06. The number of rotatable bonds is 4. The van der Waals surface area contributed by atoms with Crippen LogP contribution in [0.1, 0.15) is 12.8 Å². The van der Waals surface area contributed by atoms with E-state index in [0.29, 0.717) is 11.4 Å². The molecule has 1 rings (SSSR count). The van der Waals surface area contributed by atoms with E-state index in [2.05, 4.69) is 5.32 Å². The Morgan fingerprint density at radius 1 is 1.33 bits per heavy atom. The van der Waals surface area contributed by atoms with E-state index in [1.165, 1.54) is 0 Å². The van der Waals surface area contributed by atoms with Gasteiger partial charge in [0.1, 0.15) is 0 Å². The van der Waals surface area contributed by atoms with Crippen molar-refractivity contribution in [2.24, 2.45) is 0 Å². The standard InChI is InChI=1S/C10H12N2O3/c11-7-2-1-3-8(6-7)12-9(13)4-5-10(14)15/h1-3,6H,4-5,11H2,(H,12,13)(H,14,15). The first-order chi connectivity index (χ1) is 7.08. The van der Waals surface area contributed by atoms with Crippen molar-refractivity contribution in [1.29, 1.82) is 0 Å². The van der Waals surface area contributed by atoms with E-state index in [1.807, 2.05) is 0 Å². The summed E-state index contributed by atoms with van der Waals surface area (Å²) in [6.45, 7) is 0. The van der Waals surface area contributed by atoms with Gasteiger partial charge in [0.15, 0.2) is 0 Å². The number of carboxylic acids is 1. The molecule has 0 aliphatic heterocycles. The van der Waals surface area contributed by atoms with Gasteiger partial charge in [0.05, 0.1) is 6.42 Å². The number of carbonyl (C=O) groups excluding carboxylic acids is 1. The lowest BCUT2D eigenvalue weighted by molar-refractivity contribution is -0.138. The third-order valence-corrected chi connectivity index (χ3v) is 1.74. The summed E-state index contributed by atoms with van der Waals surface area (Å²) in [5.41, 5.74) is 6.63. The van der Waals surface area contributed by atoms with Gasteiger partial charge in [0, 0.05) is 17.8 Å². The van der Waals surface area contributed by atoms with E-state index in [1.54, 1.807) is 24.3 Å². The quantitative estimate of drug-likeness (QED) is 0.645. The van der Waals surface area contributed by atoms with Gasteiger partial charge in [-0.05, 0) is 18.2 Å². The average molecular weight is 208 g/mol. The number of carboxylic acid groups (broad SMARTS) is 1. The molecule has 0 fully saturated rings. The lowest BCUT2D eigenvalue weighted by Gasteiger charge is -2.04. The van der Waals surface area contributed by atoms with Gasteiger partial charge in [-0.2, -0.15) is 0 Å². The van der Waals surface area contributed by atoms with E-state index in [0.717, 1.165) is 0 Å². The van der Waals surface area contributed by atoms with Crippen molar-refractivity contribution in [3.05, 3.63) is 24.3 Å². The molecule has 0 saturated heterocycles. The fourth-order valence-electron chi connectivity index (χ4n) is 1.06. The molecule has 0 aliphatic carbocycles. The van der Waals surface area contributed by atoms with Crippen LogP contribution in [0.3, 0.4) is 0 Å². The highest BCUT2D eigenvalue weighted by atomic mass is 16.4. The number of benzene rings is 1. The van der Waals surface area contributed by atoms with E-state index in [9.17, 15) is 9.59 Å². The van der Waals surface area contributed by atoms with Crippen LogP contribution in [0.25, 0.3) is 0 Å². The van der Waals surface area contributed by atoms with Gasteiger partial charge in [-0.15, -0.1) is 0 Å². The molecule has 0 heterocycles. The monoisotopic (exact) mass is 208 g/mol. The Kier molecular flexibility index (Phi) is 3.68. The summed E-state index contributed by atoms with van der Waals surface area (Å²) in [6.07, 6.45) is -0.210. The highest BCUT2D eigenvalue weighted by molar-refractivity contribution is 5.92. The highest BCUT2D eigenvalue weighted by Crippen LogP contribution is 2.12. The maximum absolute atomic E-state index is 11.2. The van der Waals surface area contributed by atoms with E-state index >= 15 is 0 Å². The largest absolute Gasteiger partial charge is 0.481 e. The first-order valence-corrected chi connectivity index (χ1v) is 4.45. The molecule has 0 radical (unpaired) electrons. The molecule has 5 nitrogen and oxygen atoms in total. The van der Waals surface area contributed by atoms with Crippen molar-refractivity contribution in [2.45, 2.75) is 12.8 Å². The third-order valence-electron chi connectivity index (χ3n) is 1.74. The van der Waals surface area contributed by atoms with Gasteiger partial charge in [0.2, 0.25) is 5.91 Å². The predicted octanol–water partition coefficient (Wildman–Crippen LogP) is 1.07. The summed E-state index contributed by atoms with van der Waals surface area (Å²) in [5.74, 6) is -1.32. The molecule has 1 amide bonds. The normalized spacial score (nSPS) is 9.60. The maximum Gasteiger partial charge on any atom is 0.303 e. The van der Waals surface area contributed by atoms with Crippen LogP contribution in [0.4, 0.5) is 11.4 Å². The molecule has 0 atom stereocenters. The first kappa shape index (κ1) is 11.0. The molecule has 0 aliphatic rings. The molecule has 1 aromatic rings. The Bertz CT molecular complexity index is 377. The van der Waals surface area contributed by atoms with Crippen LogP contribution in [0.15, 0.2) is 24.3 Å². The summed E-state index contributed by atoms with van der Waals surface area (Å²) >= 11 is 0. The van der Waals surface area contributed by atoms with Crippen molar-refractivity contribution in [1.82, 2.24) is 0 Å². The number of nitrogens with two attached hydrogens (primary N) is 1. The minimum atomic E-state index is -0.988. The number of hydrogen-bond donors (Lipinski definition) is 3. The van der Waals surface area contributed by atoms with Crippen LogP contribution in [0.2, 0.25) is 0 Å². The number of nitrogen functional groups attached to an aromatic ring is 1. The minimum Gasteiger partial charge on any atom is -0.481 e. The second-order valence-electron chi connectivity index (χ2n) is 3.07. The third kappa shape index (κ3) is 4.12. The Hall–Kier alpha value is -2.04. The summed E-state index contributed by atoms with van der Waals surface area (Å²) in [4.78, 5) is 21.4. The second-order valence-corrected chi connectivity index (χ2v) is 3.07. The van der Waals surface area contributed by atoms with Crippen LogP contribution in [0.5, 0.6) is 0 Å². The van der Waals surface area contributed by atoms with Crippen LogP contribution in [-0.2, 0) is 9.59 Å². The summed E-state index contributed by atoms with van der Waals surface area (Å²) in [7, 11) is 0. The van der Waals surface area contributed by atoms with Gasteiger partial charge >= 0.3 is 5.97 Å². The second kappa shape index (κ2) is 4.99. The molecule has 5 heteroatoms. The Labute approximate surface area is 86.9 Å². The molecule has 1 aromatic carbocycles. The number of amides is 1.